The van der Waals surface area contributed by atoms with E-state index in [1.165, 1.54) is 0 Å². The summed E-state index contributed by atoms with van der Waals surface area (Å²) in [6.07, 6.45) is 7.07. The minimum atomic E-state index is -1.82. The molecule has 0 atom stereocenters. The van der Waals surface area contributed by atoms with Crippen LogP contribution in [0, 0.1) is 0 Å². The van der Waals surface area contributed by atoms with Gasteiger partial charge in [-0.2, -0.15) is 0 Å². The van der Waals surface area contributed by atoms with Crippen LogP contribution in [0.25, 0.3) is 22.8 Å². The fourth-order valence-electron chi connectivity index (χ4n) is 2.06. The van der Waals surface area contributed by atoms with Crippen molar-refractivity contribution in [1.82, 2.24) is 19.9 Å². The van der Waals surface area contributed by atoms with Gasteiger partial charge in [0.15, 0.2) is 0 Å². The van der Waals surface area contributed by atoms with Gasteiger partial charge >= 0.3 is 11.9 Å². The van der Waals surface area contributed by atoms with Gasteiger partial charge in [0.1, 0.15) is 0 Å². The van der Waals surface area contributed by atoms with Gasteiger partial charge in [-0.05, 0) is 48.5 Å². The topological polar surface area (TPSA) is 126 Å². The molecule has 4 aromatic heterocycles. The van der Waals surface area contributed by atoms with Crippen molar-refractivity contribution < 1.29 is 39.3 Å². The average molecular weight is 503 g/mol. The Kier molecular flexibility index (Phi) is 11.5. The van der Waals surface area contributed by atoms with Crippen LogP contribution in [0.3, 0.4) is 0 Å². The van der Waals surface area contributed by atoms with Crippen LogP contribution in [0.1, 0.15) is 0 Å². The van der Waals surface area contributed by atoms with Gasteiger partial charge in [0.2, 0.25) is 0 Å². The monoisotopic (exact) mass is 504 g/mol. The van der Waals surface area contributed by atoms with Crippen LogP contribution in [0.5, 0.6) is 0 Å². The number of carboxylic acids is 2. The van der Waals surface area contributed by atoms with Gasteiger partial charge in [-0.25, -0.2) is 9.59 Å². The largest absolute Gasteiger partial charge is 0.473 e. The number of aromatic nitrogens is 4. The summed E-state index contributed by atoms with van der Waals surface area (Å²) in [6, 6.07) is 23.2. The quantitative estimate of drug-likeness (QED) is 0.315. The average Bonchev–Trinajstić information content (AvgIpc) is 2.82. The van der Waals surface area contributed by atoms with E-state index in [1.807, 2.05) is 72.8 Å². The van der Waals surface area contributed by atoms with Gasteiger partial charge in [0, 0.05) is 44.3 Å². The van der Waals surface area contributed by atoms with Crippen molar-refractivity contribution in [3.63, 3.8) is 0 Å². The maximum atomic E-state index is 9.10. The van der Waals surface area contributed by atoms with Crippen molar-refractivity contribution in [2.24, 2.45) is 0 Å². The third-order valence-electron chi connectivity index (χ3n) is 3.37. The number of carbonyl (C=O) groups is 2. The van der Waals surface area contributed by atoms with Crippen molar-refractivity contribution in [3.05, 3.63) is 97.6 Å². The van der Waals surface area contributed by atoms with E-state index >= 15 is 0 Å². The number of hydrogen-bond donors (Lipinski definition) is 2. The van der Waals surface area contributed by atoms with Crippen LogP contribution >= 0.6 is 0 Å². The van der Waals surface area contributed by atoms with E-state index in [2.05, 4.69) is 19.9 Å². The van der Waals surface area contributed by atoms with E-state index in [0.29, 0.717) is 0 Å². The summed E-state index contributed by atoms with van der Waals surface area (Å²) in [5, 5.41) is 14.8. The molecular formula is C22H18N4O4Ru. The zero-order valence-corrected chi connectivity index (χ0v) is 17.8. The maximum absolute atomic E-state index is 9.10. The molecule has 0 bridgehead atoms. The summed E-state index contributed by atoms with van der Waals surface area (Å²) < 4.78 is 0. The van der Waals surface area contributed by atoms with Crippen LogP contribution in [0.15, 0.2) is 97.6 Å². The van der Waals surface area contributed by atoms with Gasteiger partial charge in [0.05, 0.1) is 22.8 Å². The van der Waals surface area contributed by atoms with Crippen molar-refractivity contribution in [2.45, 2.75) is 0 Å². The fourth-order valence-corrected chi connectivity index (χ4v) is 2.06. The molecule has 158 valence electrons. The van der Waals surface area contributed by atoms with Crippen molar-refractivity contribution in [1.29, 1.82) is 0 Å². The van der Waals surface area contributed by atoms with Crippen molar-refractivity contribution in [3.8, 4) is 22.8 Å². The summed E-state index contributed by atoms with van der Waals surface area (Å²) in [6.45, 7) is 0. The molecule has 0 aromatic carbocycles. The van der Waals surface area contributed by atoms with Crippen LogP contribution < -0.4 is 0 Å². The maximum Gasteiger partial charge on any atom is 0.414 e. The second-order valence-corrected chi connectivity index (χ2v) is 5.47. The third kappa shape index (κ3) is 9.47. The minimum absolute atomic E-state index is 0. The van der Waals surface area contributed by atoms with E-state index in [9.17, 15) is 0 Å². The number of aliphatic carboxylic acids is 2. The Labute approximate surface area is 191 Å². The Hall–Kier alpha value is -3.84. The molecule has 0 fully saturated rings. The third-order valence-corrected chi connectivity index (χ3v) is 3.37. The predicted octanol–water partition coefficient (Wildman–Crippen LogP) is 3.44. The van der Waals surface area contributed by atoms with Gasteiger partial charge < -0.3 is 10.2 Å². The van der Waals surface area contributed by atoms with E-state index in [-0.39, 0.29) is 19.5 Å². The van der Waals surface area contributed by atoms with Gasteiger partial charge in [0.25, 0.3) is 0 Å². The first-order valence-electron chi connectivity index (χ1n) is 8.69. The summed E-state index contributed by atoms with van der Waals surface area (Å²) in [5.41, 5.74) is 3.66. The number of pyridine rings is 4. The van der Waals surface area contributed by atoms with Gasteiger partial charge in [-0.3, -0.25) is 19.9 Å². The predicted molar refractivity (Wildman–Crippen MR) is 110 cm³/mol. The summed E-state index contributed by atoms with van der Waals surface area (Å²) in [5.74, 6) is -3.65. The zero-order valence-electron chi connectivity index (χ0n) is 16.1. The first kappa shape index (κ1) is 25.2. The molecule has 0 aliphatic heterocycles. The zero-order chi connectivity index (χ0) is 21.6. The Bertz CT molecular complexity index is 876. The van der Waals surface area contributed by atoms with Crippen LogP contribution in [0.2, 0.25) is 0 Å². The number of hydrogen-bond acceptors (Lipinski definition) is 6. The second kappa shape index (κ2) is 14.2. The number of carboxylic acid groups (broad SMARTS) is 2. The minimum Gasteiger partial charge on any atom is -0.473 e. The first-order chi connectivity index (χ1) is 14.6. The van der Waals surface area contributed by atoms with Crippen molar-refractivity contribution in [2.75, 3.05) is 0 Å². The Balaban J connectivity index is 0.000000243. The molecule has 2 N–H and O–H groups in total. The number of rotatable bonds is 2. The Morgan fingerprint density at radius 3 is 0.839 bits per heavy atom. The van der Waals surface area contributed by atoms with E-state index in [0.717, 1.165) is 22.8 Å². The molecule has 4 aromatic rings. The molecule has 0 spiro atoms. The summed E-state index contributed by atoms with van der Waals surface area (Å²) >= 11 is 0. The molecule has 4 rings (SSSR count). The van der Waals surface area contributed by atoms with Crippen LogP contribution in [-0.2, 0) is 29.1 Å². The molecule has 0 aliphatic carbocycles. The molecule has 0 saturated heterocycles. The Morgan fingerprint density at radius 2 is 0.710 bits per heavy atom. The number of nitrogens with zero attached hydrogens (tertiary/aromatic N) is 4. The molecule has 0 unspecified atom stereocenters. The molecule has 0 aliphatic rings. The first-order valence-corrected chi connectivity index (χ1v) is 8.69. The van der Waals surface area contributed by atoms with Crippen LogP contribution in [-0.4, -0.2) is 42.1 Å². The van der Waals surface area contributed by atoms with Gasteiger partial charge in [-0.15, -0.1) is 0 Å². The molecule has 4 heterocycles. The molecule has 0 radical (unpaired) electrons. The smallest absolute Gasteiger partial charge is 0.414 e. The van der Waals surface area contributed by atoms with E-state index in [4.69, 9.17) is 19.8 Å². The fraction of sp³-hybridized carbons (Fsp3) is 0. The molecule has 0 saturated carbocycles. The summed E-state index contributed by atoms with van der Waals surface area (Å²) in [7, 11) is 0. The molecular weight excluding hydrogens is 485 g/mol. The Morgan fingerprint density at radius 1 is 0.484 bits per heavy atom. The normalized spacial score (nSPS) is 8.90. The molecule has 8 nitrogen and oxygen atoms in total. The molecule has 9 heteroatoms. The van der Waals surface area contributed by atoms with Gasteiger partial charge in [-0.1, -0.05) is 24.3 Å². The summed E-state index contributed by atoms with van der Waals surface area (Å²) in [4.78, 5) is 34.9. The second-order valence-electron chi connectivity index (χ2n) is 5.47. The molecule has 0 amide bonds. The van der Waals surface area contributed by atoms with Crippen LogP contribution in [0.4, 0.5) is 0 Å². The standard InChI is InChI=1S/2C10H8N2.C2H2O4.Ru/c2*1-3-7-11-9(5-1)10-6-2-4-8-12-10;3-1(4)2(5)6;/h2*1-8H;(H,3,4)(H,5,6);. The molecule has 31 heavy (non-hydrogen) atoms. The SMILES string of the molecule is O=C(O)C(=O)O.[Ru].c1ccc(-c2ccccn2)nc1.c1ccc(-c2ccccn2)nc1. The van der Waals surface area contributed by atoms with E-state index in [1.54, 1.807) is 24.8 Å². The van der Waals surface area contributed by atoms with Crippen molar-refractivity contribution >= 4 is 11.9 Å². The van der Waals surface area contributed by atoms with E-state index < -0.39 is 11.9 Å².